The van der Waals surface area contributed by atoms with E-state index in [0.717, 1.165) is 31.6 Å². The molecule has 0 aromatic carbocycles. The number of hydrogen-bond donors (Lipinski definition) is 3. The molecule has 5 nitrogen and oxygen atoms in total. The van der Waals surface area contributed by atoms with Gasteiger partial charge in [0.05, 0.1) is 18.9 Å². The van der Waals surface area contributed by atoms with E-state index < -0.39 is 0 Å². The van der Waals surface area contributed by atoms with Gasteiger partial charge in [0.25, 0.3) is 0 Å². The van der Waals surface area contributed by atoms with Crippen molar-refractivity contribution in [2.75, 3.05) is 19.8 Å². The van der Waals surface area contributed by atoms with Crippen LogP contribution in [0.15, 0.2) is 11.4 Å². The van der Waals surface area contributed by atoms with Crippen molar-refractivity contribution in [2.24, 2.45) is 5.92 Å². The molecule has 0 aliphatic carbocycles. The minimum absolute atomic E-state index is 0.284. The van der Waals surface area contributed by atoms with Crippen molar-refractivity contribution in [2.45, 2.75) is 33.1 Å². The van der Waals surface area contributed by atoms with Gasteiger partial charge in [0.2, 0.25) is 5.91 Å². The second-order valence-corrected chi connectivity index (χ2v) is 4.90. The predicted molar refractivity (Wildman–Crippen MR) is 66.6 cm³/mol. The maximum absolute atomic E-state index is 12.1. The van der Waals surface area contributed by atoms with Crippen LogP contribution in [-0.2, 0) is 4.79 Å². The first kappa shape index (κ1) is 12.2. The van der Waals surface area contributed by atoms with E-state index in [2.05, 4.69) is 30.0 Å². The summed E-state index contributed by atoms with van der Waals surface area (Å²) in [4.78, 5) is 14.0. The maximum atomic E-state index is 12.1. The number of nitrogens with one attached hydrogen (secondary N) is 3. The molecular weight excluding hydrogens is 216 g/mol. The number of rotatable bonds is 3. The summed E-state index contributed by atoms with van der Waals surface area (Å²) in [5.74, 6) is 0.767. The lowest BCUT2D eigenvalue weighted by Crippen LogP contribution is -2.51. The topological polar surface area (TPSA) is 56.4 Å². The van der Waals surface area contributed by atoms with Crippen LogP contribution in [0, 0.1) is 5.92 Å². The fraction of sp³-hybridized carbons (Fsp3) is 0.750. The van der Waals surface area contributed by atoms with Crippen molar-refractivity contribution in [3.8, 4) is 0 Å². The first-order chi connectivity index (χ1) is 8.20. The second-order valence-electron chi connectivity index (χ2n) is 4.90. The number of hydrogen-bond acceptors (Lipinski definition) is 4. The van der Waals surface area contributed by atoms with E-state index >= 15 is 0 Å². The molecule has 5 heteroatoms. The number of amides is 1. The zero-order valence-corrected chi connectivity index (χ0v) is 10.7. The summed E-state index contributed by atoms with van der Waals surface area (Å²) in [6.45, 7) is 6.53. The molecule has 1 amide bonds. The van der Waals surface area contributed by atoms with Crippen LogP contribution in [0.3, 0.4) is 0 Å². The summed E-state index contributed by atoms with van der Waals surface area (Å²) in [6.07, 6.45) is 2.64. The van der Waals surface area contributed by atoms with Crippen LogP contribution in [0.4, 0.5) is 0 Å². The molecule has 0 saturated heterocycles. The smallest absolute Gasteiger partial charge is 0.223 e. The molecule has 17 heavy (non-hydrogen) atoms. The Hall–Kier alpha value is -1.23. The summed E-state index contributed by atoms with van der Waals surface area (Å²) < 4.78 is 0. The molecule has 0 bridgehead atoms. The zero-order chi connectivity index (χ0) is 12.3. The van der Waals surface area contributed by atoms with Crippen LogP contribution in [-0.4, -0.2) is 30.6 Å². The van der Waals surface area contributed by atoms with Crippen LogP contribution in [0.2, 0.25) is 0 Å². The van der Waals surface area contributed by atoms with E-state index in [4.69, 9.17) is 0 Å². The fourth-order valence-corrected chi connectivity index (χ4v) is 2.15. The molecule has 0 spiro atoms. The number of nitrogens with zero attached hydrogens (tertiary/aromatic N) is 1. The maximum Gasteiger partial charge on any atom is 0.223 e. The number of carbonyl (C=O) groups excluding carboxylic acids is 1. The Morgan fingerprint density at radius 2 is 2.29 bits per heavy atom. The molecule has 2 aliphatic rings. The van der Waals surface area contributed by atoms with Crippen molar-refractivity contribution >= 4 is 5.91 Å². The van der Waals surface area contributed by atoms with Crippen LogP contribution in [0.1, 0.15) is 33.1 Å². The van der Waals surface area contributed by atoms with E-state index in [1.165, 1.54) is 5.70 Å². The SMILES string of the molecule is CCC(C)CC(=O)N1CCC2=C(C1)NCNN2. The predicted octanol–water partition coefficient (Wildman–Crippen LogP) is 0.521. The van der Waals surface area contributed by atoms with E-state index in [-0.39, 0.29) is 5.91 Å². The molecule has 0 aromatic rings. The van der Waals surface area contributed by atoms with Crippen molar-refractivity contribution in [1.29, 1.82) is 0 Å². The van der Waals surface area contributed by atoms with E-state index in [0.29, 0.717) is 19.0 Å². The monoisotopic (exact) mass is 238 g/mol. The van der Waals surface area contributed by atoms with Gasteiger partial charge in [-0.15, -0.1) is 0 Å². The van der Waals surface area contributed by atoms with Crippen LogP contribution in [0.5, 0.6) is 0 Å². The molecule has 1 atom stereocenters. The van der Waals surface area contributed by atoms with Crippen LogP contribution >= 0.6 is 0 Å². The Balaban J connectivity index is 1.92. The molecule has 96 valence electrons. The van der Waals surface area contributed by atoms with Crippen molar-refractivity contribution in [1.82, 2.24) is 21.1 Å². The molecule has 2 aliphatic heterocycles. The third-order valence-corrected chi connectivity index (χ3v) is 3.55. The highest BCUT2D eigenvalue weighted by atomic mass is 16.2. The summed E-state index contributed by atoms with van der Waals surface area (Å²) in [5.41, 5.74) is 8.57. The number of hydrazine groups is 1. The lowest BCUT2D eigenvalue weighted by Gasteiger charge is -2.35. The van der Waals surface area contributed by atoms with Gasteiger partial charge in [0, 0.05) is 25.1 Å². The van der Waals surface area contributed by atoms with Crippen molar-refractivity contribution < 1.29 is 4.79 Å². The van der Waals surface area contributed by atoms with Gasteiger partial charge in [-0.3, -0.25) is 4.79 Å². The lowest BCUT2D eigenvalue weighted by molar-refractivity contribution is -0.132. The first-order valence-corrected chi connectivity index (χ1v) is 6.43. The highest BCUT2D eigenvalue weighted by Crippen LogP contribution is 2.17. The Bertz CT molecular complexity index is 326. The Morgan fingerprint density at radius 1 is 1.47 bits per heavy atom. The Kier molecular flexibility index (Phi) is 3.89. The molecular formula is C12H22N4O. The molecule has 2 rings (SSSR count). The standard InChI is InChI=1S/C12H22N4O/c1-3-9(2)6-12(17)16-5-4-10-11(7-16)13-8-14-15-10/h9,13-15H,3-8H2,1-2H3. The van der Waals surface area contributed by atoms with E-state index in [1.807, 2.05) is 4.90 Å². The highest BCUT2D eigenvalue weighted by molar-refractivity contribution is 5.77. The zero-order valence-electron chi connectivity index (χ0n) is 10.7. The second kappa shape index (κ2) is 5.40. The average Bonchev–Trinajstić information content (AvgIpc) is 2.38. The van der Waals surface area contributed by atoms with Gasteiger partial charge in [-0.2, -0.15) is 0 Å². The van der Waals surface area contributed by atoms with Gasteiger partial charge in [0.15, 0.2) is 0 Å². The molecule has 3 N–H and O–H groups in total. The van der Waals surface area contributed by atoms with Gasteiger partial charge in [-0.25, -0.2) is 5.43 Å². The summed E-state index contributed by atoms with van der Waals surface area (Å²) in [6, 6.07) is 0. The van der Waals surface area contributed by atoms with E-state index in [1.54, 1.807) is 0 Å². The Morgan fingerprint density at radius 3 is 3.06 bits per heavy atom. The minimum Gasteiger partial charge on any atom is -0.371 e. The fourth-order valence-electron chi connectivity index (χ4n) is 2.15. The van der Waals surface area contributed by atoms with Gasteiger partial charge >= 0.3 is 0 Å². The van der Waals surface area contributed by atoms with Crippen LogP contribution < -0.4 is 16.2 Å². The summed E-state index contributed by atoms with van der Waals surface area (Å²) in [5, 5.41) is 3.29. The third-order valence-electron chi connectivity index (χ3n) is 3.55. The highest BCUT2D eigenvalue weighted by Gasteiger charge is 2.24. The molecule has 0 aromatic heterocycles. The van der Waals surface area contributed by atoms with Crippen molar-refractivity contribution in [3.05, 3.63) is 11.4 Å². The molecule has 0 saturated carbocycles. The van der Waals surface area contributed by atoms with Gasteiger partial charge in [-0.05, 0) is 5.92 Å². The average molecular weight is 238 g/mol. The molecule has 0 radical (unpaired) electrons. The summed E-state index contributed by atoms with van der Waals surface area (Å²) >= 11 is 0. The molecule has 0 fully saturated rings. The first-order valence-electron chi connectivity index (χ1n) is 6.43. The van der Waals surface area contributed by atoms with Gasteiger partial charge < -0.3 is 15.6 Å². The lowest BCUT2D eigenvalue weighted by atomic mass is 10.0. The molecule has 2 heterocycles. The van der Waals surface area contributed by atoms with Gasteiger partial charge in [-0.1, -0.05) is 20.3 Å². The quantitative estimate of drug-likeness (QED) is 0.671. The van der Waals surface area contributed by atoms with E-state index in [9.17, 15) is 4.79 Å². The minimum atomic E-state index is 0.284. The summed E-state index contributed by atoms with van der Waals surface area (Å²) in [7, 11) is 0. The Labute approximate surface area is 103 Å². The number of carbonyl (C=O) groups is 1. The largest absolute Gasteiger partial charge is 0.371 e. The van der Waals surface area contributed by atoms with Gasteiger partial charge in [0.1, 0.15) is 0 Å². The normalized spacial score (nSPS) is 21.4. The van der Waals surface area contributed by atoms with Crippen molar-refractivity contribution in [3.63, 3.8) is 0 Å². The van der Waals surface area contributed by atoms with Crippen LogP contribution in [0.25, 0.3) is 0 Å². The molecule has 1 unspecified atom stereocenters. The third kappa shape index (κ3) is 2.91.